The number of amides is 1. The highest BCUT2D eigenvalue weighted by Gasteiger charge is 2.51. The van der Waals surface area contributed by atoms with Crippen LogP contribution >= 0.6 is 0 Å². The highest BCUT2D eigenvalue weighted by atomic mass is 28.4. The zero-order chi connectivity index (χ0) is 46.3. The topological polar surface area (TPSA) is 150 Å². The van der Waals surface area contributed by atoms with E-state index in [2.05, 4.69) is 59.9 Å². The van der Waals surface area contributed by atoms with Gasteiger partial charge in [0.1, 0.15) is 24.0 Å². The van der Waals surface area contributed by atoms with E-state index in [4.69, 9.17) is 28.1 Å². The molecule has 0 aromatic carbocycles. The van der Waals surface area contributed by atoms with Gasteiger partial charge in [0.15, 0.2) is 14.1 Å². The zero-order valence-corrected chi connectivity index (χ0v) is 41.9. The number of ether oxygens (including phenoxy) is 5. The molecule has 4 rings (SSSR count). The number of Topliss-reactive ketones (excluding diaryl/α,β-unsaturated/α-hetero) is 1. The van der Waals surface area contributed by atoms with Gasteiger partial charge < -0.3 is 43.2 Å². The number of aliphatic hydroxyl groups excluding tert-OH is 1. The van der Waals surface area contributed by atoms with Gasteiger partial charge in [-0.15, -0.1) is 0 Å². The minimum atomic E-state index is -2.47. The number of esters is 1. The van der Waals surface area contributed by atoms with E-state index < -0.39 is 68.5 Å². The second-order valence-corrected chi connectivity index (χ2v) is 25.8. The van der Waals surface area contributed by atoms with Gasteiger partial charge in [-0.2, -0.15) is 0 Å². The molecule has 3 fully saturated rings. The number of nitrogens with zero attached hydrogens (tertiary/aromatic N) is 1. The van der Waals surface area contributed by atoms with E-state index in [-0.39, 0.29) is 59.5 Å². The molecule has 12 nitrogen and oxygen atoms in total. The molecule has 13 heteroatoms. The van der Waals surface area contributed by atoms with Gasteiger partial charge in [0.25, 0.3) is 0 Å². The number of allylic oxidation sites excluding steroid dienone is 3. The third kappa shape index (κ3) is 13.1. The summed E-state index contributed by atoms with van der Waals surface area (Å²) in [6.07, 6.45) is 6.74. The Bertz CT molecular complexity index is 1560. The molecule has 62 heavy (non-hydrogen) atoms. The van der Waals surface area contributed by atoms with Crippen molar-refractivity contribution in [2.24, 2.45) is 29.6 Å². The summed E-state index contributed by atoms with van der Waals surface area (Å²) >= 11 is 0. The van der Waals surface area contributed by atoms with Crippen molar-refractivity contribution in [2.75, 3.05) is 27.9 Å². The third-order valence-corrected chi connectivity index (χ3v) is 19.7. The highest BCUT2D eigenvalue weighted by Crippen LogP contribution is 2.42. The van der Waals surface area contributed by atoms with Crippen LogP contribution in [0.5, 0.6) is 0 Å². The van der Waals surface area contributed by atoms with E-state index in [9.17, 15) is 24.6 Å². The maximum Gasteiger partial charge on any atom is 0.329 e. The predicted octanol–water partition coefficient (Wildman–Crippen LogP) is 8.32. The van der Waals surface area contributed by atoms with Crippen molar-refractivity contribution >= 4 is 26.0 Å². The molecule has 2 N–H and O–H groups in total. The maximum absolute atomic E-state index is 14.8. The molecule has 2 bridgehead atoms. The van der Waals surface area contributed by atoms with Crippen LogP contribution in [0.1, 0.15) is 139 Å². The summed E-state index contributed by atoms with van der Waals surface area (Å²) in [5, 5.41) is 22.7. The van der Waals surface area contributed by atoms with E-state index in [0.717, 1.165) is 30.4 Å². The van der Waals surface area contributed by atoms with Crippen LogP contribution < -0.4 is 0 Å². The molecule has 0 aromatic rings. The summed E-state index contributed by atoms with van der Waals surface area (Å²) in [4.78, 5) is 45.5. The molecule has 4 aliphatic rings. The van der Waals surface area contributed by atoms with Crippen LogP contribution in [0.15, 0.2) is 23.3 Å². The summed E-state index contributed by atoms with van der Waals surface area (Å²) in [6, 6.07) is -0.868. The number of piperidine rings is 1. The van der Waals surface area contributed by atoms with Crippen molar-refractivity contribution in [3.8, 4) is 0 Å². The minimum Gasteiger partial charge on any atom is -0.456 e. The van der Waals surface area contributed by atoms with Crippen molar-refractivity contribution in [1.29, 1.82) is 0 Å². The normalized spacial score (nSPS) is 39.3. The fourth-order valence-electron chi connectivity index (χ4n) is 10.2. The van der Waals surface area contributed by atoms with E-state index in [1.54, 1.807) is 26.2 Å². The second-order valence-electron chi connectivity index (χ2n) is 21.1. The molecule has 1 amide bonds. The fraction of sp³-hybridized carbons (Fsp3) is 0.857. The largest absolute Gasteiger partial charge is 0.456 e. The second kappa shape index (κ2) is 22.5. The van der Waals surface area contributed by atoms with Gasteiger partial charge in [-0.3, -0.25) is 9.59 Å². The number of hydrogen-bond donors (Lipinski definition) is 2. The van der Waals surface area contributed by atoms with Crippen LogP contribution in [0.25, 0.3) is 0 Å². The zero-order valence-electron chi connectivity index (χ0n) is 40.9. The molecule has 3 heterocycles. The number of ketones is 1. The molecule has 0 spiro atoms. The lowest BCUT2D eigenvalue weighted by atomic mass is 9.81. The first-order valence-electron chi connectivity index (χ1n) is 23.7. The Morgan fingerprint density at radius 2 is 1.58 bits per heavy atom. The number of aliphatic hydroxyl groups is 2. The Kier molecular flexibility index (Phi) is 19.1. The summed E-state index contributed by atoms with van der Waals surface area (Å²) in [6.45, 7) is 23.4. The summed E-state index contributed by atoms with van der Waals surface area (Å²) < 4.78 is 38.1. The van der Waals surface area contributed by atoms with Gasteiger partial charge in [0.05, 0.1) is 36.9 Å². The number of carbonyl (C=O) groups is 3. The molecule has 1 saturated carbocycles. The van der Waals surface area contributed by atoms with Crippen molar-refractivity contribution in [3.05, 3.63) is 23.3 Å². The number of rotatable bonds is 8. The van der Waals surface area contributed by atoms with Crippen molar-refractivity contribution in [3.63, 3.8) is 0 Å². The molecular weight excluding hydrogens is 807 g/mol. The van der Waals surface area contributed by atoms with Gasteiger partial charge in [0.2, 0.25) is 5.91 Å². The Hall–Kier alpha value is -1.97. The number of cyclic esters (lactones) is 1. The number of fused-ring (bicyclic) bond motifs is 3. The fourth-order valence-corrected chi connectivity index (χ4v) is 11.6. The Morgan fingerprint density at radius 3 is 2.19 bits per heavy atom. The minimum absolute atomic E-state index is 0.0750. The molecule has 2 saturated heterocycles. The molecule has 0 aromatic heterocycles. The Labute approximate surface area is 375 Å². The Morgan fingerprint density at radius 1 is 0.935 bits per heavy atom. The predicted molar refractivity (Wildman–Crippen MR) is 244 cm³/mol. The smallest absolute Gasteiger partial charge is 0.329 e. The van der Waals surface area contributed by atoms with Gasteiger partial charge in [-0.25, -0.2) is 4.79 Å². The van der Waals surface area contributed by atoms with Crippen LogP contribution in [-0.4, -0.2) is 124 Å². The van der Waals surface area contributed by atoms with Gasteiger partial charge in [0, 0.05) is 52.0 Å². The Balaban J connectivity index is 1.85. The van der Waals surface area contributed by atoms with E-state index >= 15 is 0 Å². The van der Waals surface area contributed by atoms with Crippen LogP contribution in [0.3, 0.4) is 0 Å². The number of carbonyl (C=O) groups excluding carboxylic acids is 3. The standard InChI is InChI=1S/C49H85NO11Si/c1-15-36-23-30(2)22-31(3)24-42(57-11)46-43(58-12)26-33(5)49(55,60-46)29-44(53)50-21-17-16-18-37(50)47(54)59-45(32(4)25-35-19-20-38(51)41(27-35)56-10)34(6)40(28-39(36)52)61-62(13,14)48(7,8)9/h23,25,31,33-38,40-43,45-46,51,55H,15-22,24,26-29H2,1-14H3/b30-23+,32-25+/t31-,33+,34-,35?,36+,37-,38+,40-,41+,42?,43-,45+,46+,49+/m0/s1. The van der Waals surface area contributed by atoms with Gasteiger partial charge >= 0.3 is 5.97 Å². The van der Waals surface area contributed by atoms with E-state index in [1.807, 2.05) is 27.7 Å². The van der Waals surface area contributed by atoms with Crippen LogP contribution in [0, 0.1) is 29.6 Å². The quantitative estimate of drug-likeness (QED) is 0.138. The van der Waals surface area contributed by atoms with Gasteiger partial charge in [-0.05, 0) is 114 Å². The van der Waals surface area contributed by atoms with Gasteiger partial charge in [-0.1, -0.05) is 66.2 Å². The van der Waals surface area contributed by atoms with Crippen LogP contribution in [-0.2, 0) is 42.5 Å². The van der Waals surface area contributed by atoms with Crippen molar-refractivity contribution in [2.45, 2.75) is 212 Å². The average Bonchev–Trinajstić information content (AvgIpc) is 3.20. The first kappa shape index (κ1) is 52.6. The summed E-state index contributed by atoms with van der Waals surface area (Å²) in [7, 11) is 2.42. The molecule has 1 aliphatic carbocycles. The lowest BCUT2D eigenvalue weighted by molar-refractivity contribution is -0.321. The molecule has 356 valence electrons. The highest BCUT2D eigenvalue weighted by molar-refractivity contribution is 6.74. The van der Waals surface area contributed by atoms with E-state index in [0.29, 0.717) is 51.5 Å². The molecule has 3 aliphatic heterocycles. The monoisotopic (exact) mass is 892 g/mol. The third-order valence-electron chi connectivity index (χ3n) is 15.2. The SMILES string of the molecule is CC[C@@H]1/C=C(\C)C[C@H](C)CC(OC)[C@H]2O[C@](O)(CC(=O)N3CCCC[C@H]3C(=O)O[C@H](/C(C)=C/C3CC[C@@H](O)[C@H](OC)C3)[C@@H](C)[C@@H](O[Si](C)(C)C(C)(C)C)CC1=O)[C@H](C)C[C@@H]2OC. The summed E-state index contributed by atoms with van der Waals surface area (Å²) in [5.74, 6) is -3.60. The average molecular weight is 892 g/mol. The molecular formula is C49H85NO11Si. The lowest BCUT2D eigenvalue weighted by Gasteiger charge is -2.48. The van der Waals surface area contributed by atoms with Crippen molar-refractivity contribution in [1.82, 2.24) is 4.90 Å². The first-order valence-corrected chi connectivity index (χ1v) is 26.6. The number of methoxy groups -OCH3 is 3. The van der Waals surface area contributed by atoms with Crippen molar-refractivity contribution < 1.29 is 52.7 Å². The molecule has 0 radical (unpaired) electrons. The first-order chi connectivity index (χ1) is 29.0. The number of hydrogen-bond acceptors (Lipinski definition) is 11. The summed E-state index contributed by atoms with van der Waals surface area (Å²) in [5.41, 5.74) is 1.94. The van der Waals surface area contributed by atoms with Crippen LogP contribution in [0.4, 0.5) is 0 Å². The lowest BCUT2D eigenvalue weighted by Crippen LogP contribution is -2.59. The van der Waals surface area contributed by atoms with E-state index in [1.165, 1.54) is 0 Å². The molecule has 14 atom stereocenters. The maximum atomic E-state index is 14.8. The molecule has 2 unspecified atom stereocenters. The van der Waals surface area contributed by atoms with Crippen LogP contribution in [0.2, 0.25) is 18.1 Å².